The van der Waals surface area contributed by atoms with E-state index in [0.717, 1.165) is 53.3 Å². The molecule has 5 rings (SSSR count). The van der Waals surface area contributed by atoms with Gasteiger partial charge in [-0.1, -0.05) is 48.6 Å². The van der Waals surface area contributed by atoms with Gasteiger partial charge in [0.25, 0.3) is 0 Å². The second kappa shape index (κ2) is 9.09. The number of benzene rings is 2. The van der Waals surface area contributed by atoms with E-state index in [2.05, 4.69) is 59.7 Å². The van der Waals surface area contributed by atoms with E-state index < -0.39 is 0 Å². The Morgan fingerprint density at radius 1 is 1.00 bits per heavy atom. The van der Waals surface area contributed by atoms with E-state index in [1.54, 1.807) is 17.5 Å². The van der Waals surface area contributed by atoms with Crippen LogP contribution in [0.15, 0.2) is 60.8 Å². The highest BCUT2D eigenvalue weighted by Crippen LogP contribution is 2.32. The molecule has 0 unspecified atom stereocenters. The number of aryl methyl sites for hydroxylation is 1. The Balaban J connectivity index is 1.32. The van der Waals surface area contributed by atoms with E-state index >= 15 is 0 Å². The van der Waals surface area contributed by atoms with Gasteiger partial charge < -0.3 is 10.2 Å². The fourth-order valence-corrected chi connectivity index (χ4v) is 5.02. The van der Waals surface area contributed by atoms with Crippen molar-refractivity contribution in [1.82, 2.24) is 14.9 Å². The summed E-state index contributed by atoms with van der Waals surface area (Å²) in [7, 11) is 0. The van der Waals surface area contributed by atoms with E-state index in [4.69, 9.17) is 4.98 Å². The largest absolute Gasteiger partial charge is 0.342 e. The normalized spacial score (nSPS) is 13.6. The van der Waals surface area contributed by atoms with Crippen LogP contribution in [0, 0.1) is 0 Å². The molecule has 3 heterocycles. The molecular weight excluding hydrogens is 416 g/mol. The summed E-state index contributed by atoms with van der Waals surface area (Å²) in [4.78, 5) is 23.6. The van der Waals surface area contributed by atoms with Gasteiger partial charge in [0.1, 0.15) is 5.82 Å². The van der Waals surface area contributed by atoms with Gasteiger partial charge in [-0.05, 0) is 65.8 Å². The van der Waals surface area contributed by atoms with Crippen LogP contribution >= 0.6 is 11.3 Å². The second-order valence-electron chi connectivity index (χ2n) is 8.19. The smallest absolute Gasteiger partial charge is 0.226 e. The lowest BCUT2D eigenvalue weighted by Crippen LogP contribution is -2.29. The van der Waals surface area contributed by atoms with Crippen LogP contribution < -0.4 is 5.32 Å². The lowest BCUT2D eigenvalue weighted by molar-refractivity contribution is -0.129. The molecule has 1 saturated heterocycles. The average Bonchev–Trinajstić information content (AvgIpc) is 3.49. The lowest BCUT2D eigenvalue weighted by Gasteiger charge is -2.15. The quantitative estimate of drug-likeness (QED) is 0.408. The minimum Gasteiger partial charge on any atom is -0.342 e. The molecule has 2 aromatic carbocycles. The number of amides is 1. The summed E-state index contributed by atoms with van der Waals surface area (Å²) in [5.41, 5.74) is 5.68. The number of likely N-dealkylation sites (tertiary alicyclic amines) is 1. The number of rotatable bonds is 6. The maximum absolute atomic E-state index is 12.5. The molecule has 2 aromatic heterocycles. The summed E-state index contributed by atoms with van der Waals surface area (Å²) >= 11 is 1.61. The number of carbonyl (C=O) groups excluding carboxylic acids is 1. The number of carbonyl (C=O) groups is 1. The summed E-state index contributed by atoms with van der Waals surface area (Å²) in [6.07, 6.45) is 5.43. The molecule has 6 heteroatoms. The van der Waals surface area contributed by atoms with Gasteiger partial charge >= 0.3 is 0 Å². The van der Waals surface area contributed by atoms with Gasteiger partial charge in [-0.3, -0.25) is 4.79 Å². The predicted octanol–water partition coefficient (Wildman–Crippen LogP) is 5.83. The number of hydrogen-bond donors (Lipinski definition) is 1. The Kier molecular flexibility index (Phi) is 5.86. The first kappa shape index (κ1) is 20.6. The number of anilines is 2. The van der Waals surface area contributed by atoms with Crippen molar-refractivity contribution in [3.63, 3.8) is 0 Å². The van der Waals surface area contributed by atoms with Gasteiger partial charge in [0, 0.05) is 19.3 Å². The van der Waals surface area contributed by atoms with Crippen LogP contribution in [0.25, 0.3) is 21.3 Å². The van der Waals surface area contributed by atoms with E-state index in [-0.39, 0.29) is 5.91 Å². The van der Waals surface area contributed by atoms with Gasteiger partial charge in [-0.25, -0.2) is 9.97 Å². The van der Waals surface area contributed by atoms with Crippen LogP contribution in [0.2, 0.25) is 0 Å². The maximum Gasteiger partial charge on any atom is 0.226 e. The van der Waals surface area contributed by atoms with Crippen molar-refractivity contribution in [1.29, 1.82) is 0 Å². The fourth-order valence-electron chi connectivity index (χ4n) is 4.11. The summed E-state index contributed by atoms with van der Waals surface area (Å²) < 4.78 is 1.13. The molecule has 0 atom stereocenters. The molecule has 1 N–H and O–H groups in total. The molecule has 0 aliphatic carbocycles. The minimum absolute atomic E-state index is 0.194. The molecule has 1 fully saturated rings. The van der Waals surface area contributed by atoms with Gasteiger partial charge in [-0.2, -0.15) is 0 Å². The molecule has 0 radical (unpaired) electrons. The van der Waals surface area contributed by atoms with Crippen LogP contribution in [-0.4, -0.2) is 33.9 Å². The monoisotopic (exact) mass is 442 g/mol. The summed E-state index contributed by atoms with van der Waals surface area (Å²) in [6.45, 7) is 3.93. The Morgan fingerprint density at radius 3 is 2.56 bits per heavy atom. The summed E-state index contributed by atoms with van der Waals surface area (Å²) in [5.74, 6) is 0.908. The Bertz CT molecular complexity index is 1240. The number of hydrogen-bond acceptors (Lipinski definition) is 5. The first-order valence-electron chi connectivity index (χ1n) is 11.2. The first-order valence-corrected chi connectivity index (χ1v) is 12.0. The number of pyridine rings is 1. The Hall–Kier alpha value is -3.25. The zero-order valence-corrected chi connectivity index (χ0v) is 19.0. The number of nitrogens with zero attached hydrogens (tertiary/aromatic N) is 3. The van der Waals surface area contributed by atoms with Gasteiger partial charge in [-0.15, -0.1) is 0 Å². The van der Waals surface area contributed by atoms with Gasteiger partial charge in [0.2, 0.25) is 5.91 Å². The van der Waals surface area contributed by atoms with Crippen LogP contribution in [0.4, 0.5) is 10.9 Å². The molecule has 0 spiro atoms. The summed E-state index contributed by atoms with van der Waals surface area (Å²) in [6, 6.07) is 19.0. The van der Waals surface area contributed by atoms with Crippen LogP contribution in [0.5, 0.6) is 0 Å². The van der Waals surface area contributed by atoms with Crippen molar-refractivity contribution in [3.8, 4) is 11.1 Å². The standard InChI is InChI=1S/C26H26N4OS/c1-2-18-5-7-20(8-6-18)21-9-10-22-23(17-21)32-26(28-22)29-24-15-19(11-12-27-24)16-25(31)30-13-3-4-14-30/h5-12,15,17H,2-4,13-14,16H2,1H3,(H,27,28,29). The highest BCUT2D eigenvalue weighted by atomic mass is 32.1. The van der Waals surface area contributed by atoms with Crippen LogP contribution in [0.1, 0.15) is 30.9 Å². The SMILES string of the molecule is CCc1ccc(-c2ccc3nc(Nc4cc(CC(=O)N5CCCC5)ccn4)sc3c2)cc1. The van der Waals surface area contributed by atoms with Crippen molar-refractivity contribution in [2.24, 2.45) is 0 Å². The highest BCUT2D eigenvalue weighted by Gasteiger charge is 2.18. The van der Waals surface area contributed by atoms with Crippen LogP contribution in [0.3, 0.4) is 0 Å². The fraction of sp³-hybridized carbons (Fsp3) is 0.269. The van der Waals surface area contributed by atoms with Crippen molar-refractivity contribution in [3.05, 3.63) is 71.9 Å². The maximum atomic E-state index is 12.5. The third-order valence-corrected chi connectivity index (χ3v) is 6.89. The number of thiazole rings is 1. The molecular formula is C26H26N4OS. The third kappa shape index (κ3) is 4.50. The van der Waals surface area contributed by atoms with Gasteiger partial charge in [0.05, 0.1) is 16.6 Å². The first-order chi connectivity index (χ1) is 15.7. The molecule has 1 aliphatic heterocycles. The second-order valence-corrected chi connectivity index (χ2v) is 9.22. The van der Waals surface area contributed by atoms with Crippen molar-refractivity contribution >= 4 is 38.4 Å². The number of nitrogens with one attached hydrogen (secondary N) is 1. The van der Waals surface area contributed by atoms with E-state index in [9.17, 15) is 4.79 Å². The minimum atomic E-state index is 0.194. The van der Waals surface area contributed by atoms with Crippen molar-refractivity contribution < 1.29 is 4.79 Å². The molecule has 32 heavy (non-hydrogen) atoms. The molecule has 5 nitrogen and oxygen atoms in total. The Morgan fingerprint density at radius 2 is 1.78 bits per heavy atom. The summed E-state index contributed by atoms with van der Waals surface area (Å²) in [5, 5.41) is 4.12. The van der Waals surface area contributed by atoms with E-state index in [0.29, 0.717) is 12.2 Å². The highest BCUT2D eigenvalue weighted by molar-refractivity contribution is 7.22. The van der Waals surface area contributed by atoms with E-state index in [1.807, 2.05) is 17.0 Å². The molecule has 1 aliphatic rings. The molecule has 162 valence electrons. The van der Waals surface area contributed by atoms with Gasteiger partial charge in [0.15, 0.2) is 5.13 Å². The number of fused-ring (bicyclic) bond motifs is 1. The van der Waals surface area contributed by atoms with Crippen LogP contribution in [-0.2, 0) is 17.6 Å². The zero-order chi connectivity index (χ0) is 21.9. The molecule has 0 bridgehead atoms. The molecule has 0 saturated carbocycles. The topological polar surface area (TPSA) is 58.1 Å². The van der Waals surface area contributed by atoms with Crippen molar-refractivity contribution in [2.75, 3.05) is 18.4 Å². The average molecular weight is 443 g/mol. The van der Waals surface area contributed by atoms with Crippen molar-refractivity contribution in [2.45, 2.75) is 32.6 Å². The van der Waals surface area contributed by atoms with E-state index in [1.165, 1.54) is 16.7 Å². The zero-order valence-electron chi connectivity index (χ0n) is 18.2. The lowest BCUT2D eigenvalue weighted by atomic mass is 10.0. The molecule has 1 amide bonds. The number of aromatic nitrogens is 2. The third-order valence-electron chi connectivity index (χ3n) is 5.96. The predicted molar refractivity (Wildman–Crippen MR) is 131 cm³/mol. The Labute approximate surface area is 192 Å². The molecule has 4 aromatic rings.